The number of nitrogens with one attached hydrogen (secondary N) is 1. The standard InChI is InChI=1S/C16H20F2N2O/c17-16(18)6-4-12(5-7-16)20-15(21)11-3-1-2-10(8-11)13-9-14(13)19/h1-3,8,12-14H,4-7,9,19H2,(H,20,21). The fraction of sp³-hybridized carbons (Fsp3) is 0.562. The second kappa shape index (κ2) is 5.37. The maximum atomic E-state index is 13.1. The number of alkyl halides is 2. The Bertz CT molecular complexity index is 537. The molecule has 2 saturated carbocycles. The topological polar surface area (TPSA) is 55.1 Å². The van der Waals surface area contributed by atoms with Crippen LogP contribution in [0.25, 0.3) is 0 Å². The lowest BCUT2D eigenvalue weighted by Gasteiger charge is -2.28. The van der Waals surface area contributed by atoms with E-state index in [1.54, 1.807) is 6.07 Å². The normalized spacial score (nSPS) is 28.1. The highest BCUT2D eigenvalue weighted by Gasteiger charge is 2.36. The van der Waals surface area contributed by atoms with Crippen molar-refractivity contribution in [2.24, 2.45) is 5.73 Å². The fourth-order valence-corrected chi connectivity index (χ4v) is 2.96. The molecule has 0 saturated heterocycles. The molecular weight excluding hydrogens is 274 g/mol. The molecule has 0 aliphatic heterocycles. The van der Waals surface area contributed by atoms with Crippen LogP contribution in [0.3, 0.4) is 0 Å². The fourth-order valence-electron chi connectivity index (χ4n) is 2.96. The predicted molar refractivity (Wildman–Crippen MR) is 76.4 cm³/mol. The van der Waals surface area contributed by atoms with Crippen LogP contribution in [0.2, 0.25) is 0 Å². The number of amides is 1. The summed E-state index contributed by atoms with van der Waals surface area (Å²) in [7, 11) is 0. The van der Waals surface area contributed by atoms with Gasteiger partial charge in [0.2, 0.25) is 5.92 Å². The number of rotatable bonds is 3. The van der Waals surface area contributed by atoms with Crippen molar-refractivity contribution in [3.63, 3.8) is 0 Å². The largest absolute Gasteiger partial charge is 0.349 e. The van der Waals surface area contributed by atoms with E-state index in [9.17, 15) is 13.6 Å². The van der Waals surface area contributed by atoms with Crippen LogP contribution in [0, 0.1) is 0 Å². The summed E-state index contributed by atoms with van der Waals surface area (Å²) in [6.45, 7) is 0. The molecule has 0 spiro atoms. The Kier molecular flexibility index (Phi) is 3.69. The summed E-state index contributed by atoms with van der Waals surface area (Å²) in [6.07, 6.45) is 1.35. The van der Waals surface area contributed by atoms with Gasteiger partial charge < -0.3 is 11.1 Å². The lowest BCUT2D eigenvalue weighted by Crippen LogP contribution is -2.40. The zero-order chi connectivity index (χ0) is 15.0. The Balaban J connectivity index is 1.61. The van der Waals surface area contributed by atoms with Gasteiger partial charge in [-0.25, -0.2) is 8.78 Å². The minimum atomic E-state index is -2.57. The van der Waals surface area contributed by atoms with Crippen molar-refractivity contribution in [2.45, 2.75) is 56.0 Å². The van der Waals surface area contributed by atoms with Gasteiger partial charge in [-0.05, 0) is 37.0 Å². The highest BCUT2D eigenvalue weighted by molar-refractivity contribution is 5.94. The molecule has 0 heterocycles. The van der Waals surface area contributed by atoms with Crippen molar-refractivity contribution < 1.29 is 13.6 Å². The number of hydrogen-bond donors (Lipinski definition) is 2. The molecule has 2 aliphatic carbocycles. The molecule has 1 amide bonds. The molecular formula is C16H20F2N2O. The highest BCUT2D eigenvalue weighted by Crippen LogP contribution is 2.39. The van der Waals surface area contributed by atoms with E-state index in [0.717, 1.165) is 12.0 Å². The summed E-state index contributed by atoms with van der Waals surface area (Å²) < 4.78 is 26.2. The van der Waals surface area contributed by atoms with E-state index in [2.05, 4.69) is 5.32 Å². The number of benzene rings is 1. The summed E-state index contributed by atoms with van der Waals surface area (Å²) in [4.78, 5) is 12.2. The van der Waals surface area contributed by atoms with Gasteiger partial charge in [0.1, 0.15) is 0 Å². The van der Waals surface area contributed by atoms with Crippen molar-refractivity contribution in [3.05, 3.63) is 35.4 Å². The van der Waals surface area contributed by atoms with Crippen LogP contribution in [0.5, 0.6) is 0 Å². The molecule has 2 unspecified atom stereocenters. The molecule has 3 rings (SSSR count). The lowest BCUT2D eigenvalue weighted by molar-refractivity contribution is -0.0399. The molecule has 1 aromatic carbocycles. The minimum absolute atomic E-state index is 0.144. The van der Waals surface area contributed by atoms with Gasteiger partial charge in [-0.2, -0.15) is 0 Å². The average molecular weight is 294 g/mol. The zero-order valence-electron chi connectivity index (χ0n) is 11.8. The molecule has 5 heteroatoms. The molecule has 114 valence electrons. The van der Waals surface area contributed by atoms with E-state index in [0.29, 0.717) is 24.3 Å². The second-order valence-corrected chi connectivity index (χ2v) is 6.24. The van der Waals surface area contributed by atoms with Crippen molar-refractivity contribution in [1.82, 2.24) is 5.32 Å². The van der Waals surface area contributed by atoms with Crippen LogP contribution < -0.4 is 11.1 Å². The Morgan fingerprint density at radius 1 is 1.29 bits per heavy atom. The monoisotopic (exact) mass is 294 g/mol. The molecule has 0 aromatic heterocycles. The number of nitrogens with two attached hydrogens (primary N) is 1. The molecule has 2 atom stereocenters. The van der Waals surface area contributed by atoms with Crippen LogP contribution >= 0.6 is 0 Å². The molecule has 2 aliphatic rings. The number of carbonyl (C=O) groups is 1. The summed E-state index contributed by atoms with van der Waals surface area (Å²) in [5, 5.41) is 2.87. The van der Waals surface area contributed by atoms with Gasteiger partial charge in [0.05, 0.1) is 0 Å². The molecule has 3 N–H and O–H groups in total. The van der Waals surface area contributed by atoms with Gasteiger partial charge in [-0.3, -0.25) is 4.79 Å². The number of carbonyl (C=O) groups excluding carboxylic acids is 1. The van der Waals surface area contributed by atoms with Gasteiger partial charge >= 0.3 is 0 Å². The van der Waals surface area contributed by atoms with E-state index in [1.165, 1.54) is 0 Å². The van der Waals surface area contributed by atoms with Crippen molar-refractivity contribution >= 4 is 5.91 Å². The third kappa shape index (κ3) is 3.40. The first-order chi connectivity index (χ1) is 9.94. The van der Waals surface area contributed by atoms with Crippen LogP contribution in [-0.2, 0) is 0 Å². The van der Waals surface area contributed by atoms with E-state index in [-0.39, 0.29) is 30.8 Å². The van der Waals surface area contributed by atoms with Crippen LogP contribution in [-0.4, -0.2) is 23.9 Å². The average Bonchev–Trinajstić information content (AvgIpc) is 3.18. The maximum Gasteiger partial charge on any atom is 0.251 e. The molecule has 3 nitrogen and oxygen atoms in total. The number of hydrogen-bond acceptors (Lipinski definition) is 2. The Hall–Kier alpha value is -1.49. The van der Waals surface area contributed by atoms with E-state index in [1.807, 2.05) is 18.2 Å². The van der Waals surface area contributed by atoms with Gasteiger partial charge in [0.15, 0.2) is 0 Å². The van der Waals surface area contributed by atoms with Crippen molar-refractivity contribution in [3.8, 4) is 0 Å². The molecule has 2 fully saturated rings. The maximum absolute atomic E-state index is 13.1. The molecule has 21 heavy (non-hydrogen) atoms. The van der Waals surface area contributed by atoms with Crippen LogP contribution in [0.15, 0.2) is 24.3 Å². The van der Waals surface area contributed by atoms with Crippen LogP contribution in [0.4, 0.5) is 8.78 Å². The summed E-state index contributed by atoms with van der Waals surface area (Å²) >= 11 is 0. The first-order valence-corrected chi connectivity index (χ1v) is 7.49. The van der Waals surface area contributed by atoms with Crippen LogP contribution in [0.1, 0.15) is 53.9 Å². The Morgan fingerprint density at radius 3 is 2.57 bits per heavy atom. The van der Waals surface area contributed by atoms with Gasteiger partial charge in [-0.1, -0.05) is 12.1 Å². The van der Waals surface area contributed by atoms with Gasteiger partial charge in [0, 0.05) is 36.4 Å². The SMILES string of the molecule is NC1CC1c1cccc(C(=O)NC2CCC(F)(F)CC2)c1. The third-order valence-corrected chi connectivity index (χ3v) is 4.47. The molecule has 0 bridgehead atoms. The first kappa shape index (κ1) is 14.4. The summed E-state index contributed by atoms with van der Waals surface area (Å²) in [5.74, 6) is -2.39. The number of halogens is 2. The van der Waals surface area contributed by atoms with E-state index in [4.69, 9.17) is 5.73 Å². The second-order valence-electron chi connectivity index (χ2n) is 6.24. The van der Waals surface area contributed by atoms with Crippen molar-refractivity contribution in [1.29, 1.82) is 0 Å². The molecule has 1 aromatic rings. The van der Waals surface area contributed by atoms with Crippen molar-refractivity contribution in [2.75, 3.05) is 0 Å². The lowest BCUT2D eigenvalue weighted by atomic mass is 9.92. The Labute approximate surface area is 122 Å². The third-order valence-electron chi connectivity index (χ3n) is 4.47. The summed E-state index contributed by atoms with van der Waals surface area (Å²) in [5.41, 5.74) is 7.50. The molecule has 0 radical (unpaired) electrons. The summed E-state index contributed by atoms with van der Waals surface area (Å²) in [6, 6.07) is 7.50. The zero-order valence-corrected chi connectivity index (χ0v) is 11.8. The quantitative estimate of drug-likeness (QED) is 0.900. The van der Waals surface area contributed by atoms with Gasteiger partial charge in [0.25, 0.3) is 5.91 Å². The minimum Gasteiger partial charge on any atom is -0.349 e. The first-order valence-electron chi connectivity index (χ1n) is 7.49. The van der Waals surface area contributed by atoms with E-state index < -0.39 is 5.92 Å². The van der Waals surface area contributed by atoms with E-state index >= 15 is 0 Å². The highest BCUT2D eigenvalue weighted by atomic mass is 19.3. The predicted octanol–water partition coefficient (Wildman–Crippen LogP) is 2.81. The Morgan fingerprint density at radius 2 is 1.95 bits per heavy atom. The van der Waals surface area contributed by atoms with Gasteiger partial charge in [-0.15, -0.1) is 0 Å². The smallest absolute Gasteiger partial charge is 0.251 e.